The molecule has 6 rings (SSSR count). The predicted octanol–water partition coefficient (Wildman–Crippen LogP) is 7.14. The van der Waals surface area contributed by atoms with Gasteiger partial charge in [0.1, 0.15) is 0 Å². The Morgan fingerprint density at radius 3 is 1.87 bits per heavy atom. The second kappa shape index (κ2) is 6.78. The van der Waals surface area contributed by atoms with Crippen LogP contribution in [0.3, 0.4) is 0 Å². The van der Waals surface area contributed by atoms with Crippen molar-refractivity contribution >= 4 is 16.3 Å². The molecule has 0 aliphatic heterocycles. The Morgan fingerprint density at radius 2 is 1.23 bits per heavy atom. The second-order valence-electron chi connectivity index (χ2n) is 8.07. The van der Waals surface area contributed by atoms with Crippen molar-refractivity contribution in [3.63, 3.8) is 0 Å². The molecule has 0 fully saturated rings. The maximum atomic E-state index is 11.8. The zero-order valence-electron chi connectivity index (χ0n) is 16.8. The summed E-state index contributed by atoms with van der Waals surface area (Å²) in [5.41, 5.74) is 8.89. The molecule has 0 aromatic heterocycles. The molecule has 0 heterocycles. The first kappa shape index (κ1) is 17.8. The molecule has 4 aromatic rings. The van der Waals surface area contributed by atoms with Crippen LogP contribution in [0, 0.1) is 10.1 Å². The third kappa shape index (κ3) is 2.60. The van der Waals surface area contributed by atoms with E-state index in [9.17, 15) is 10.1 Å². The Labute approximate surface area is 180 Å². The summed E-state index contributed by atoms with van der Waals surface area (Å²) in [6.07, 6.45) is 6.13. The van der Waals surface area contributed by atoms with E-state index >= 15 is 0 Å². The molecule has 1 unspecified atom stereocenters. The fourth-order valence-corrected chi connectivity index (χ4v) is 5.10. The zero-order chi connectivity index (χ0) is 20.9. The van der Waals surface area contributed by atoms with Crippen LogP contribution in [0.25, 0.3) is 49.7 Å². The minimum atomic E-state index is -0.715. The summed E-state index contributed by atoms with van der Waals surface area (Å²) in [6, 6.07) is 26.8. The molecule has 3 heteroatoms. The van der Waals surface area contributed by atoms with Crippen molar-refractivity contribution in [2.24, 2.45) is 0 Å². The highest BCUT2D eigenvalue weighted by Crippen LogP contribution is 2.48. The topological polar surface area (TPSA) is 43.1 Å². The minimum absolute atomic E-state index is 0.165. The molecule has 3 nitrogen and oxygen atoms in total. The van der Waals surface area contributed by atoms with Gasteiger partial charge < -0.3 is 0 Å². The first-order valence-electron chi connectivity index (χ1n) is 10.5. The lowest BCUT2D eigenvalue weighted by Gasteiger charge is -2.19. The smallest absolute Gasteiger partial charge is 0.242 e. The van der Waals surface area contributed by atoms with Gasteiger partial charge in [-0.25, -0.2) is 0 Å². The van der Waals surface area contributed by atoms with Gasteiger partial charge in [0.25, 0.3) is 0 Å². The van der Waals surface area contributed by atoms with Crippen molar-refractivity contribution in [3.05, 3.63) is 113 Å². The third-order valence-corrected chi connectivity index (χ3v) is 6.46. The number of hydrogen-bond donors (Lipinski definition) is 0. The fraction of sp³-hybridized carbons (Fsp3) is 0.0714. The number of nitrogens with zero attached hydrogens (tertiary/aromatic N) is 1. The summed E-state index contributed by atoms with van der Waals surface area (Å²) in [7, 11) is 0. The highest BCUT2D eigenvalue weighted by molar-refractivity contribution is 6.15. The third-order valence-electron chi connectivity index (χ3n) is 6.46. The van der Waals surface area contributed by atoms with Gasteiger partial charge in [-0.15, -0.1) is 0 Å². The van der Waals surface area contributed by atoms with Crippen LogP contribution >= 0.6 is 0 Å². The molecule has 4 aromatic carbocycles. The van der Waals surface area contributed by atoms with Gasteiger partial charge in [-0.3, -0.25) is 10.1 Å². The van der Waals surface area contributed by atoms with E-state index in [1.807, 2.05) is 18.2 Å². The van der Waals surface area contributed by atoms with Crippen LogP contribution in [0.15, 0.2) is 97.1 Å². The van der Waals surface area contributed by atoms with Gasteiger partial charge >= 0.3 is 0 Å². The lowest BCUT2D eigenvalue weighted by Crippen LogP contribution is -2.22. The van der Waals surface area contributed by atoms with Gasteiger partial charge in [-0.05, 0) is 49.7 Å². The lowest BCUT2D eigenvalue weighted by atomic mass is 9.85. The maximum absolute atomic E-state index is 11.8. The quantitative estimate of drug-likeness (QED) is 0.233. The monoisotopic (exact) mass is 401 g/mol. The summed E-state index contributed by atoms with van der Waals surface area (Å²) >= 11 is 0. The number of allylic oxidation sites excluding steroid dienone is 2. The largest absolute Gasteiger partial charge is 0.264 e. The van der Waals surface area contributed by atoms with Crippen LogP contribution in [0.1, 0.15) is 12.0 Å². The Balaban J connectivity index is 1.74. The molecule has 0 N–H and O–H groups in total. The minimum Gasteiger partial charge on any atom is -0.264 e. The van der Waals surface area contributed by atoms with Gasteiger partial charge in [0.2, 0.25) is 6.04 Å². The summed E-state index contributed by atoms with van der Waals surface area (Å²) in [6.45, 7) is 0. The number of hydrogen-bond acceptors (Lipinski definition) is 2. The van der Waals surface area contributed by atoms with Crippen LogP contribution in [-0.4, -0.2) is 11.0 Å². The van der Waals surface area contributed by atoms with Gasteiger partial charge in [0, 0.05) is 16.9 Å². The molecule has 31 heavy (non-hydrogen) atoms. The van der Waals surface area contributed by atoms with E-state index in [4.69, 9.17) is 0 Å². The number of benzene rings is 4. The Hall–Kier alpha value is -3.98. The Bertz CT molecular complexity index is 1390. The van der Waals surface area contributed by atoms with Gasteiger partial charge in [-0.1, -0.05) is 97.1 Å². The molecule has 2 aliphatic carbocycles. The molecule has 148 valence electrons. The van der Waals surface area contributed by atoms with Crippen molar-refractivity contribution in [1.29, 1.82) is 0 Å². The van der Waals surface area contributed by atoms with E-state index in [0.717, 1.165) is 21.9 Å². The highest BCUT2D eigenvalue weighted by Gasteiger charge is 2.29. The first-order chi connectivity index (χ1) is 15.2. The Morgan fingerprint density at radius 1 is 0.677 bits per heavy atom. The van der Waals surface area contributed by atoms with E-state index in [1.165, 1.54) is 33.4 Å². The summed E-state index contributed by atoms with van der Waals surface area (Å²) in [5, 5.41) is 14.0. The van der Waals surface area contributed by atoms with Crippen LogP contribution in [0.5, 0.6) is 0 Å². The van der Waals surface area contributed by atoms with Crippen LogP contribution in [0.2, 0.25) is 0 Å². The standard InChI is InChI=1S/C28H19NO2/c30-29(31)27-15-6-5-12-23(27)22-16-17-26-21-11-4-2-9-19(21)18-8-1-3-10-20(18)24-13-7-14-25(22)28(24)26/h1-14,16-17,27H,15H2. The van der Waals surface area contributed by atoms with E-state index in [0.29, 0.717) is 6.42 Å². The molecule has 0 spiro atoms. The van der Waals surface area contributed by atoms with Crippen LogP contribution in [-0.2, 0) is 0 Å². The van der Waals surface area contributed by atoms with Crippen molar-refractivity contribution in [3.8, 4) is 33.4 Å². The first-order valence-corrected chi connectivity index (χ1v) is 10.5. The summed E-state index contributed by atoms with van der Waals surface area (Å²) in [5.74, 6) is 0. The number of rotatable bonds is 2. The average Bonchev–Trinajstić information content (AvgIpc) is 2.94. The van der Waals surface area contributed by atoms with Gasteiger partial charge in [0.05, 0.1) is 0 Å². The molecule has 0 saturated carbocycles. The van der Waals surface area contributed by atoms with E-state index < -0.39 is 6.04 Å². The highest BCUT2D eigenvalue weighted by atomic mass is 16.6. The fourth-order valence-electron chi connectivity index (χ4n) is 5.10. The van der Waals surface area contributed by atoms with Gasteiger partial charge in [0.15, 0.2) is 0 Å². The van der Waals surface area contributed by atoms with E-state index in [2.05, 4.69) is 78.9 Å². The van der Waals surface area contributed by atoms with Crippen molar-refractivity contribution in [1.82, 2.24) is 0 Å². The normalized spacial score (nSPS) is 16.3. The molecule has 0 bridgehead atoms. The van der Waals surface area contributed by atoms with Crippen molar-refractivity contribution in [2.45, 2.75) is 12.5 Å². The van der Waals surface area contributed by atoms with Crippen LogP contribution < -0.4 is 0 Å². The van der Waals surface area contributed by atoms with E-state index in [1.54, 1.807) is 0 Å². The maximum Gasteiger partial charge on any atom is 0.242 e. The molecule has 0 saturated heterocycles. The summed E-state index contributed by atoms with van der Waals surface area (Å²) < 4.78 is 0. The molecule has 1 atom stereocenters. The number of nitro groups is 1. The van der Waals surface area contributed by atoms with Crippen LogP contribution in [0.4, 0.5) is 0 Å². The molecular formula is C28H19NO2. The molecule has 0 radical (unpaired) electrons. The zero-order valence-corrected chi connectivity index (χ0v) is 16.8. The predicted molar refractivity (Wildman–Crippen MR) is 126 cm³/mol. The SMILES string of the molecule is O=[N+]([O-])C1CC=CC=C1c1ccc2c3c(cccc13)-c1ccccc1-c1ccccc1-2. The lowest BCUT2D eigenvalue weighted by molar-refractivity contribution is -0.505. The molecular weight excluding hydrogens is 382 g/mol. The number of fused-ring (bicyclic) bond motifs is 5. The Kier molecular flexibility index (Phi) is 3.90. The average molecular weight is 401 g/mol. The molecule has 0 amide bonds. The van der Waals surface area contributed by atoms with Crippen molar-refractivity contribution < 1.29 is 4.92 Å². The van der Waals surface area contributed by atoms with Crippen molar-refractivity contribution in [2.75, 3.05) is 0 Å². The summed E-state index contributed by atoms with van der Waals surface area (Å²) in [4.78, 5) is 11.6. The molecule has 2 aliphatic rings. The second-order valence-corrected chi connectivity index (χ2v) is 8.07. The van der Waals surface area contributed by atoms with E-state index in [-0.39, 0.29) is 4.92 Å². The van der Waals surface area contributed by atoms with Gasteiger partial charge in [-0.2, -0.15) is 0 Å².